The summed E-state index contributed by atoms with van der Waals surface area (Å²) < 4.78 is 6.95. The van der Waals surface area contributed by atoms with Crippen molar-refractivity contribution < 1.29 is 14.5 Å². The maximum absolute atomic E-state index is 12.2. The second-order valence-corrected chi connectivity index (χ2v) is 5.77. The van der Waals surface area contributed by atoms with Gasteiger partial charge in [0.2, 0.25) is 12.1 Å². The zero-order valence-electron chi connectivity index (χ0n) is 13.9. The quantitative estimate of drug-likeness (QED) is 0.619. The minimum atomic E-state index is -0.490. The van der Waals surface area contributed by atoms with Crippen LogP contribution >= 0.6 is 0 Å². The normalized spacial score (nSPS) is 14.4. The number of nitrogens with zero attached hydrogens (tertiary/aromatic N) is 5. The number of anilines is 1. The number of rotatable bonds is 4. The molecule has 1 aliphatic heterocycles. The summed E-state index contributed by atoms with van der Waals surface area (Å²) in [5, 5.41) is 11.1. The molecule has 9 heteroatoms. The fourth-order valence-corrected chi connectivity index (χ4v) is 2.82. The van der Waals surface area contributed by atoms with Gasteiger partial charge in [0.05, 0.1) is 0 Å². The summed E-state index contributed by atoms with van der Waals surface area (Å²) in [6.45, 7) is 2.08. The second kappa shape index (κ2) is 7.20. The van der Waals surface area contributed by atoms with Crippen molar-refractivity contribution in [2.45, 2.75) is 6.61 Å². The van der Waals surface area contributed by atoms with Gasteiger partial charge in [-0.25, -0.2) is 4.79 Å². The molecule has 1 aliphatic rings. The summed E-state index contributed by atoms with van der Waals surface area (Å²) in [6.07, 6.45) is 1.05. The zero-order chi connectivity index (χ0) is 17.8. The van der Waals surface area contributed by atoms with Gasteiger partial charge in [0.25, 0.3) is 0 Å². The fourth-order valence-electron chi connectivity index (χ4n) is 2.82. The number of amides is 1. The summed E-state index contributed by atoms with van der Waals surface area (Å²) in [4.78, 5) is 30.1. The van der Waals surface area contributed by atoms with Gasteiger partial charge in [0.15, 0.2) is 0 Å². The summed E-state index contributed by atoms with van der Waals surface area (Å²) in [6, 6.07) is 9.48. The standard InChI is InChI=1S/C16H19N5O4/c1-18-12-17-14(21(23)24)15(18)19-7-9-20(10-8-19)16(22)25-11-13-5-3-2-4-6-13/h2-6,12H,7-11H2,1H3. The third-order valence-corrected chi connectivity index (χ3v) is 4.10. The highest BCUT2D eigenvalue weighted by molar-refractivity contribution is 5.68. The highest BCUT2D eigenvalue weighted by atomic mass is 16.6. The molecule has 1 fully saturated rings. The summed E-state index contributed by atoms with van der Waals surface area (Å²) in [5.74, 6) is 0.296. The van der Waals surface area contributed by atoms with E-state index in [1.807, 2.05) is 35.2 Å². The third kappa shape index (κ3) is 3.70. The van der Waals surface area contributed by atoms with Crippen molar-refractivity contribution in [1.82, 2.24) is 14.5 Å². The van der Waals surface area contributed by atoms with E-state index in [1.165, 1.54) is 6.33 Å². The number of carbonyl (C=O) groups is 1. The molecule has 0 unspecified atom stereocenters. The van der Waals surface area contributed by atoms with Crippen LogP contribution in [-0.4, -0.2) is 51.6 Å². The molecule has 132 valence electrons. The first-order chi connectivity index (χ1) is 12.1. The number of aromatic nitrogens is 2. The lowest BCUT2D eigenvalue weighted by atomic mass is 10.2. The molecule has 0 spiro atoms. The average molecular weight is 345 g/mol. The van der Waals surface area contributed by atoms with Crippen LogP contribution in [0.3, 0.4) is 0 Å². The van der Waals surface area contributed by atoms with E-state index in [0.29, 0.717) is 32.0 Å². The van der Waals surface area contributed by atoms with Gasteiger partial charge < -0.3 is 24.7 Å². The lowest BCUT2D eigenvalue weighted by Crippen LogP contribution is -2.49. The van der Waals surface area contributed by atoms with Crippen LogP contribution in [0.15, 0.2) is 36.7 Å². The summed E-state index contributed by atoms with van der Waals surface area (Å²) >= 11 is 0. The Balaban J connectivity index is 1.56. The topological polar surface area (TPSA) is 93.7 Å². The van der Waals surface area contributed by atoms with Crippen molar-refractivity contribution >= 4 is 17.7 Å². The average Bonchev–Trinajstić information content (AvgIpc) is 3.02. The Bertz CT molecular complexity index is 753. The predicted octanol–water partition coefficient (Wildman–Crippen LogP) is 1.79. The maximum Gasteiger partial charge on any atom is 0.410 e. The molecule has 1 amide bonds. The number of carbonyl (C=O) groups excluding carboxylic acids is 1. The van der Waals surface area contributed by atoms with E-state index in [9.17, 15) is 14.9 Å². The van der Waals surface area contributed by atoms with Gasteiger partial charge in [0.1, 0.15) is 6.61 Å². The van der Waals surface area contributed by atoms with Crippen LogP contribution in [0.4, 0.5) is 16.4 Å². The van der Waals surface area contributed by atoms with Crippen molar-refractivity contribution in [2.75, 3.05) is 31.1 Å². The molecule has 9 nitrogen and oxygen atoms in total. The van der Waals surface area contributed by atoms with Crippen LogP contribution in [-0.2, 0) is 18.4 Å². The van der Waals surface area contributed by atoms with E-state index in [0.717, 1.165) is 5.56 Å². The van der Waals surface area contributed by atoms with Crippen molar-refractivity contribution in [3.63, 3.8) is 0 Å². The number of ether oxygens (including phenoxy) is 1. The number of aryl methyl sites for hydroxylation is 1. The molecule has 0 atom stereocenters. The first kappa shape index (κ1) is 16.7. The number of nitro groups is 1. The number of benzene rings is 1. The van der Waals surface area contributed by atoms with E-state index in [4.69, 9.17) is 4.74 Å². The SMILES string of the molecule is Cn1cnc([N+](=O)[O-])c1N1CCN(C(=O)OCc2ccccc2)CC1. The molecule has 2 heterocycles. The molecule has 1 aromatic carbocycles. The van der Waals surface area contributed by atoms with Gasteiger partial charge in [-0.3, -0.25) is 4.57 Å². The van der Waals surface area contributed by atoms with Gasteiger partial charge in [-0.05, 0) is 15.5 Å². The van der Waals surface area contributed by atoms with Gasteiger partial charge >= 0.3 is 11.9 Å². The smallest absolute Gasteiger partial charge is 0.410 e. The van der Waals surface area contributed by atoms with Crippen molar-refractivity contribution in [1.29, 1.82) is 0 Å². The number of piperazine rings is 1. The van der Waals surface area contributed by atoms with Crippen molar-refractivity contribution in [3.8, 4) is 0 Å². The molecule has 0 aliphatic carbocycles. The zero-order valence-corrected chi connectivity index (χ0v) is 13.9. The number of imidazole rings is 1. The lowest BCUT2D eigenvalue weighted by Gasteiger charge is -2.34. The second-order valence-electron chi connectivity index (χ2n) is 5.77. The Morgan fingerprint density at radius 3 is 2.56 bits per heavy atom. The van der Waals surface area contributed by atoms with E-state index < -0.39 is 4.92 Å². The van der Waals surface area contributed by atoms with Gasteiger partial charge in [-0.15, -0.1) is 0 Å². The van der Waals surface area contributed by atoms with E-state index in [2.05, 4.69) is 4.98 Å². The minimum Gasteiger partial charge on any atom is -0.445 e. The molecule has 0 bridgehead atoms. The molecule has 3 rings (SSSR count). The van der Waals surface area contributed by atoms with E-state index >= 15 is 0 Å². The van der Waals surface area contributed by atoms with Gasteiger partial charge in [0, 0.05) is 33.2 Å². The first-order valence-electron chi connectivity index (χ1n) is 7.92. The Morgan fingerprint density at radius 2 is 1.92 bits per heavy atom. The van der Waals surface area contributed by atoms with E-state index in [-0.39, 0.29) is 18.5 Å². The number of hydrogen-bond donors (Lipinski definition) is 0. The van der Waals surface area contributed by atoms with Crippen molar-refractivity contribution in [3.05, 3.63) is 52.3 Å². The fraction of sp³-hybridized carbons (Fsp3) is 0.375. The highest BCUT2D eigenvalue weighted by Crippen LogP contribution is 2.26. The summed E-state index contributed by atoms with van der Waals surface area (Å²) in [7, 11) is 1.72. The molecule has 1 saturated heterocycles. The Kier molecular flexibility index (Phi) is 4.82. The molecule has 0 radical (unpaired) electrons. The van der Waals surface area contributed by atoms with Crippen LogP contribution < -0.4 is 4.90 Å². The van der Waals surface area contributed by atoms with E-state index in [1.54, 1.807) is 16.5 Å². The monoisotopic (exact) mass is 345 g/mol. The molecular weight excluding hydrogens is 326 g/mol. The van der Waals surface area contributed by atoms with Crippen LogP contribution in [0.2, 0.25) is 0 Å². The largest absolute Gasteiger partial charge is 0.445 e. The maximum atomic E-state index is 12.2. The van der Waals surface area contributed by atoms with Gasteiger partial charge in [-0.1, -0.05) is 30.3 Å². The molecular formula is C16H19N5O4. The molecule has 1 aromatic heterocycles. The Hall–Kier alpha value is -3.10. The molecule has 2 aromatic rings. The van der Waals surface area contributed by atoms with Crippen LogP contribution in [0.1, 0.15) is 5.56 Å². The molecule has 0 saturated carbocycles. The molecule has 0 N–H and O–H groups in total. The highest BCUT2D eigenvalue weighted by Gasteiger charge is 2.30. The van der Waals surface area contributed by atoms with Crippen LogP contribution in [0.25, 0.3) is 0 Å². The van der Waals surface area contributed by atoms with Crippen LogP contribution in [0.5, 0.6) is 0 Å². The summed E-state index contributed by atoms with van der Waals surface area (Å²) in [5.41, 5.74) is 0.931. The van der Waals surface area contributed by atoms with Crippen molar-refractivity contribution in [2.24, 2.45) is 7.05 Å². The van der Waals surface area contributed by atoms with Gasteiger partial charge in [-0.2, -0.15) is 0 Å². The number of hydrogen-bond acceptors (Lipinski definition) is 6. The Morgan fingerprint density at radius 1 is 1.24 bits per heavy atom. The predicted molar refractivity (Wildman–Crippen MR) is 90.3 cm³/mol. The lowest BCUT2D eigenvalue weighted by molar-refractivity contribution is -0.388. The minimum absolute atomic E-state index is 0.164. The van der Waals surface area contributed by atoms with Crippen LogP contribution in [0, 0.1) is 10.1 Å². The first-order valence-corrected chi connectivity index (χ1v) is 7.92. The third-order valence-electron chi connectivity index (χ3n) is 4.10. The Labute approximate surface area is 144 Å². The molecule has 25 heavy (non-hydrogen) atoms.